The Hall–Kier alpha value is -3.90. The molecule has 0 atom stereocenters. The van der Waals surface area contributed by atoms with E-state index < -0.39 is 0 Å². The van der Waals surface area contributed by atoms with Crippen molar-refractivity contribution in [3.05, 3.63) is 90.1 Å². The standard InChI is InChI=1S/C32H28N2O/c1-32(2,24-10-6-7-11-24)25-16-17-34-27(19-25)22-12-14-28-26(18-22)31-29(35-28)15-13-23(20-33)30(31)21-8-4-3-5-9-21/h3-5,8-9,12-19,24H,6-7,10-11H2,1-2H3. The Labute approximate surface area is 206 Å². The van der Waals surface area contributed by atoms with E-state index in [-0.39, 0.29) is 5.41 Å². The molecule has 0 amide bonds. The highest BCUT2D eigenvalue weighted by molar-refractivity contribution is 6.14. The van der Waals surface area contributed by atoms with E-state index in [2.05, 4.69) is 56.3 Å². The fraction of sp³-hybridized carbons (Fsp3) is 0.250. The third kappa shape index (κ3) is 3.61. The van der Waals surface area contributed by atoms with Crippen LogP contribution in [0, 0.1) is 17.2 Å². The molecular formula is C32H28N2O. The summed E-state index contributed by atoms with van der Waals surface area (Å²) in [5.41, 5.74) is 7.71. The first kappa shape index (κ1) is 21.6. The Morgan fingerprint density at radius 2 is 1.66 bits per heavy atom. The van der Waals surface area contributed by atoms with E-state index in [9.17, 15) is 5.26 Å². The van der Waals surface area contributed by atoms with Crippen LogP contribution in [0.15, 0.2) is 83.4 Å². The van der Waals surface area contributed by atoms with Crippen molar-refractivity contribution >= 4 is 21.9 Å². The zero-order valence-corrected chi connectivity index (χ0v) is 20.2. The van der Waals surface area contributed by atoms with Gasteiger partial charge in [-0.05, 0) is 77.8 Å². The molecule has 2 aromatic heterocycles. The number of pyridine rings is 1. The number of nitrogens with zero attached hydrogens (tertiary/aromatic N) is 2. The summed E-state index contributed by atoms with van der Waals surface area (Å²) >= 11 is 0. The van der Waals surface area contributed by atoms with Crippen LogP contribution in [-0.2, 0) is 5.41 Å². The molecule has 3 aromatic carbocycles. The van der Waals surface area contributed by atoms with E-state index in [0.717, 1.165) is 50.2 Å². The summed E-state index contributed by atoms with van der Waals surface area (Å²) in [6, 6.07) is 27.0. The van der Waals surface area contributed by atoms with Gasteiger partial charge in [-0.15, -0.1) is 0 Å². The summed E-state index contributed by atoms with van der Waals surface area (Å²) in [6.45, 7) is 4.76. The molecule has 1 aliphatic carbocycles. The van der Waals surface area contributed by atoms with Gasteiger partial charge in [-0.25, -0.2) is 0 Å². The number of aromatic nitrogens is 1. The molecule has 2 heterocycles. The van der Waals surface area contributed by atoms with Gasteiger partial charge < -0.3 is 4.42 Å². The molecule has 0 N–H and O–H groups in total. The van der Waals surface area contributed by atoms with E-state index in [0.29, 0.717) is 5.56 Å². The Morgan fingerprint density at radius 3 is 2.43 bits per heavy atom. The highest BCUT2D eigenvalue weighted by Gasteiger charge is 2.33. The van der Waals surface area contributed by atoms with Gasteiger partial charge in [0, 0.05) is 28.1 Å². The molecule has 0 radical (unpaired) electrons. The summed E-state index contributed by atoms with van der Waals surface area (Å²) in [6.07, 6.45) is 7.24. The molecule has 1 fully saturated rings. The maximum absolute atomic E-state index is 9.89. The van der Waals surface area contributed by atoms with Crippen LogP contribution in [0.1, 0.15) is 50.7 Å². The molecule has 1 saturated carbocycles. The van der Waals surface area contributed by atoms with Crippen LogP contribution in [0.5, 0.6) is 0 Å². The number of benzene rings is 3. The molecule has 0 saturated heterocycles. The molecule has 0 unspecified atom stereocenters. The molecule has 3 heteroatoms. The van der Waals surface area contributed by atoms with Crippen LogP contribution in [0.3, 0.4) is 0 Å². The van der Waals surface area contributed by atoms with Crippen molar-refractivity contribution in [2.45, 2.75) is 44.9 Å². The molecule has 0 spiro atoms. The van der Waals surface area contributed by atoms with Crippen LogP contribution in [0.2, 0.25) is 0 Å². The number of furan rings is 1. The van der Waals surface area contributed by atoms with Gasteiger partial charge in [-0.3, -0.25) is 4.98 Å². The van der Waals surface area contributed by atoms with E-state index in [4.69, 9.17) is 9.40 Å². The minimum atomic E-state index is 0.128. The van der Waals surface area contributed by atoms with Gasteiger partial charge in [0.2, 0.25) is 0 Å². The monoisotopic (exact) mass is 456 g/mol. The second-order valence-corrected chi connectivity index (χ2v) is 10.3. The zero-order chi connectivity index (χ0) is 24.0. The molecule has 5 aromatic rings. The number of rotatable bonds is 4. The first-order valence-corrected chi connectivity index (χ1v) is 12.5. The second kappa shape index (κ2) is 8.40. The lowest BCUT2D eigenvalue weighted by molar-refractivity contribution is 0.325. The summed E-state index contributed by atoms with van der Waals surface area (Å²) in [4.78, 5) is 4.75. The quantitative estimate of drug-likeness (QED) is 0.272. The van der Waals surface area contributed by atoms with Crippen molar-refractivity contribution in [2.75, 3.05) is 0 Å². The fourth-order valence-electron chi connectivity index (χ4n) is 5.90. The summed E-state index contributed by atoms with van der Waals surface area (Å²) in [5, 5.41) is 11.9. The van der Waals surface area contributed by atoms with Gasteiger partial charge >= 0.3 is 0 Å². The van der Waals surface area contributed by atoms with Crippen LogP contribution in [0.4, 0.5) is 0 Å². The number of hydrogen-bond acceptors (Lipinski definition) is 3. The van der Waals surface area contributed by atoms with Crippen molar-refractivity contribution in [3.63, 3.8) is 0 Å². The molecule has 35 heavy (non-hydrogen) atoms. The third-order valence-electron chi connectivity index (χ3n) is 7.99. The zero-order valence-electron chi connectivity index (χ0n) is 20.2. The SMILES string of the molecule is CC(C)(c1ccnc(-c2ccc3oc4ccc(C#N)c(-c5ccccc5)c4c3c2)c1)C1CCCC1. The van der Waals surface area contributed by atoms with E-state index in [1.807, 2.05) is 42.6 Å². The van der Waals surface area contributed by atoms with Crippen LogP contribution in [-0.4, -0.2) is 4.98 Å². The van der Waals surface area contributed by atoms with Crippen molar-refractivity contribution in [1.29, 1.82) is 5.26 Å². The highest BCUT2D eigenvalue weighted by atomic mass is 16.3. The number of nitriles is 1. The summed E-state index contributed by atoms with van der Waals surface area (Å²) in [5.74, 6) is 0.718. The first-order valence-electron chi connectivity index (χ1n) is 12.5. The number of fused-ring (bicyclic) bond motifs is 3. The average Bonchev–Trinajstić information content (AvgIpc) is 3.57. The smallest absolute Gasteiger partial charge is 0.136 e. The average molecular weight is 457 g/mol. The maximum Gasteiger partial charge on any atom is 0.136 e. The van der Waals surface area contributed by atoms with E-state index >= 15 is 0 Å². The summed E-state index contributed by atoms with van der Waals surface area (Å²) in [7, 11) is 0. The molecule has 172 valence electrons. The molecule has 0 bridgehead atoms. The molecule has 0 aliphatic heterocycles. The van der Waals surface area contributed by atoms with Crippen LogP contribution in [0.25, 0.3) is 44.3 Å². The lowest BCUT2D eigenvalue weighted by Gasteiger charge is -2.32. The minimum absolute atomic E-state index is 0.128. The molecular weight excluding hydrogens is 428 g/mol. The van der Waals surface area contributed by atoms with Gasteiger partial charge in [-0.2, -0.15) is 5.26 Å². The van der Waals surface area contributed by atoms with Crippen molar-refractivity contribution in [3.8, 4) is 28.5 Å². The maximum atomic E-state index is 9.89. The van der Waals surface area contributed by atoms with Crippen molar-refractivity contribution in [1.82, 2.24) is 4.98 Å². The number of hydrogen-bond donors (Lipinski definition) is 0. The minimum Gasteiger partial charge on any atom is -0.456 e. The Morgan fingerprint density at radius 1 is 0.886 bits per heavy atom. The molecule has 3 nitrogen and oxygen atoms in total. The fourth-order valence-corrected chi connectivity index (χ4v) is 5.90. The highest BCUT2D eigenvalue weighted by Crippen LogP contribution is 2.43. The second-order valence-electron chi connectivity index (χ2n) is 10.3. The van der Waals surface area contributed by atoms with Gasteiger partial charge in [0.1, 0.15) is 11.2 Å². The topological polar surface area (TPSA) is 49.8 Å². The van der Waals surface area contributed by atoms with Crippen molar-refractivity contribution in [2.24, 2.45) is 5.92 Å². The first-order chi connectivity index (χ1) is 17.1. The molecule has 1 aliphatic rings. The Bertz CT molecular complexity index is 1580. The predicted molar refractivity (Wildman–Crippen MR) is 142 cm³/mol. The van der Waals surface area contributed by atoms with Gasteiger partial charge in [0.25, 0.3) is 0 Å². The van der Waals surface area contributed by atoms with Crippen molar-refractivity contribution < 1.29 is 4.42 Å². The lowest BCUT2D eigenvalue weighted by Crippen LogP contribution is -2.26. The normalized spacial score (nSPS) is 14.5. The predicted octanol–water partition coefficient (Wildman–Crippen LogP) is 8.65. The van der Waals surface area contributed by atoms with E-state index in [1.54, 1.807) is 0 Å². The van der Waals surface area contributed by atoms with Gasteiger partial charge in [0.15, 0.2) is 0 Å². The van der Waals surface area contributed by atoms with Crippen LogP contribution < -0.4 is 0 Å². The van der Waals surface area contributed by atoms with Crippen LogP contribution >= 0.6 is 0 Å². The lowest BCUT2D eigenvalue weighted by atomic mass is 9.72. The largest absolute Gasteiger partial charge is 0.456 e. The Kier molecular flexibility index (Phi) is 5.19. The van der Waals surface area contributed by atoms with E-state index in [1.165, 1.54) is 31.2 Å². The van der Waals surface area contributed by atoms with Gasteiger partial charge in [0.05, 0.1) is 17.3 Å². The summed E-state index contributed by atoms with van der Waals surface area (Å²) < 4.78 is 6.22. The molecule has 6 rings (SSSR count). The van der Waals surface area contributed by atoms with Gasteiger partial charge in [-0.1, -0.05) is 57.0 Å². The Balaban J connectivity index is 1.53. The third-order valence-corrected chi connectivity index (χ3v) is 7.99.